The number of carbonyl (C=O) groups excluding carboxylic acids is 1. The van der Waals surface area contributed by atoms with Gasteiger partial charge in [-0.25, -0.2) is 0 Å². The molecule has 1 amide bonds. The zero-order valence-corrected chi connectivity index (χ0v) is 14.3. The van der Waals surface area contributed by atoms with Gasteiger partial charge in [-0.2, -0.15) is 23.3 Å². The van der Waals surface area contributed by atoms with E-state index in [9.17, 15) is 33.2 Å². The molecular formula is C17H18F3N3O4. The molecule has 0 saturated heterocycles. The minimum atomic E-state index is -5.06. The van der Waals surface area contributed by atoms with Crippen molar-refractivity contribution in [2.24, 2.45) is 11.0 Å². The van der Waals surface area contributed by atoms with Crippen LogP contribution in [0.4, 0.5) is 18.9 Å². The van der Waals surface area contributed by atoms with Gasteiger partial charge in [0.05, 0.1) is 17.3 Å². The van der Waals surface area contributed by atoms with Gasteiger partial charge in [0.2, 0.25) is 5.91 Å². The number of amides is 1. The van der Waals surface area contributed by atoms with E-state index in [0.717, 1.165) is 6.42 Å². The zero-order chi connectivity index (χ0) is 19.8. The second-order valence-corrected chi connectivity index (χ2v) is 6.77. The smallest absolute Gasteiger partial charge is 0.362 e. The predicted molar refractivity (Wildman–Crippen MR) is 88.7 cm³/mol. The van der Waals surface area contributed by atoms with E-state index in [4.69, 9.17) is 0 Å². The van der Waals surface area contributed by atoms with Gasteiger partial charge in [-0.05, 0) is 24.8 Å². The standard InChI is InChI=1S/C17H18F3N3O4/c18-17(19,20)16(25)13-4-2-1-3-5-14(13)21-22(16)15(24)10-11-6-8-12(9-7-11)23(26)27/h6-9,13,25H,1-5,10H2/t13-,16-/m0/s1. The normalized spacial score (nSPS) is 25.6. The van der Waals surface area contributed by atoms with E-state index in [1.807, 2.05) is 0 Å². The Hall–Kier alpha value is -2.49. The van der Waals surface area contributed by atoms with Crippen LogP contribution in [0.1, 0.15) is 37.7 Å². The summed E-state index contributed by atoms with van der Waals surface area (Å²) in [4.78, 5) is 22.6. The Morgan fingerprint density at radius 3 is 2.56 bits per heavy atom. The molecule has 1 aromatic carbocycles. The highest BCUT2D eigenvalue weighted by atomic mass is 19.4. The van der Waals surface area contributed by atoms with E-state index in [1.54, 1.807) is 0 Å². The summed E-state index contributed by atoms with van der Waals surface area (Å²) in [5.41, 5.74) is -3.06. The van der Waals surface area contributed by atoms with Crippen molar-refractivity contribution < 1.29 is 28.0 Å². The number of carbonyl (C=O) groups is 1. The molecule has 1 aliphatic carbocycles. The SMILES string of the molecule is O=C(Cc1ccc([N+](=O)[O-])cc1)N1N=C2CCCCC[C@@H]2[C@]1(O)C(F)(F)F. The van der Waals surface area contributed by atoms with Crippen molar-refractivity contribution in [1.29, 1.82) is 0 Å². The van der Waals surface area contributed by atoms with E-state index >= 15 is 0 Å². The van der Waals surface area contributed by atoms with E-state index in [-0.39, 0.29) is 22.8 Å². The summed E-state index contributed by atoms with van der Waals surface area (Å²) in [7, 11) is 0. The molecule has 3 rings (SSSR count). The molecule has 2 aliphatic rings. The minimum Gasteiger partial charge on any atom is -0.362 e. The Morgan fingerprint density at radius 2 is 1.96 bits per heavy atom. The van der Waals surface area contributed by atoms with Gasteiger partial charge >= 0.3 is 6.18 Å². The number of aliphatic hydroxyl groups is 1. The number of hydrogen-bond acceptors (Lipinski definition) is 5. The molecule has 2 atom stereocenters. The Bertz CT molecular complexity index is 779. The fourth-order valence-electron chi connectivity index (χ4n) is 3.63. The molecule has 1 aromatic rings. The fraction of sp³-hybridized carbons (Fsp3) is 0.529. The maximum absolute atomic E-state index is 13.7. The molecular weight excluding hydrogens is 367 g/mol. The van der Waals surface area contributed by atoms with Crippen LogP contribution in [0.5, 0.6) is 0 Å². The number of nitrogens with zero attached hydrogens (tertiary/aromatic N) is 3. The van der Waals surface area contributed by atoms with Gasteiger partial charge in [-0.1, -0.05) is 25.0 Å². The Kier molecular flexibility index (Phi) is 4.94. The highest BCUT2D eigenvalue weighted by molar-refractivity contribution is 5.93. The molecule has 1 fully saturated rings. The second-order valence-electron chi connectivity index (χ2n) is 6.77. The Labute approximate surface area is 152 Å². The number of benzene rings is 1. The largest absolute Gasteiger partial charge is 0.439 e. The van der Waals surface area contributed by atoms with E-state index in [2.05, 4.69) is 5.10 Å². The lowest BCUT2D eigenvalue weighted by Gasteiger charge is -2.37. The second kappa shape index (κ2) is 6.91. The quantitative estimate of drug-likeness (QED) is 0.639. The van der Waals surface area contributed by atoms with Crippen LogP contribution >= 0.6 is 0 Å². The molecule has 0 radical (unpaired) electrons. The van der Waals surface area contributed by atoms with Crippen molar-refractivity contribution in [3.63, 3.8) is 0 Å². The summed E-state index contributed by atoms with van der Waals surface area (Å²) < 4.78 is 41.2. The van der Waals surface area contributed by atoms with Crippen LogP contribution in [-0.2, 0) is 11.2 Å². The van der Waals surface area contributed by atoms with E-state index in [1.165, 1.54) is 24.3 Å². The van der Waals surface area contributed by atoms with Gasteiger partial charge < -0.3 is 5.11 Å². The summed E-state index contributed by atoms with van der Waals surface area (Å²) in [6.07, 6.45) is -3.17. The average molecular weight is 385 g/mol. The van der Waals surface area contributed by atoms with Gasteiger partial charge in [-0.3, -0.25) is 14.9 Å². The number of hydrazone groups is 1. The molecule has 27 heavy (non-hydrogen) atoms. The van der Waals surface area contributed by atoms with Crippen LogP contribution in [0.2, 0.25) is 0 Å². The molecule has 0 bridgehead atoms. The van der Waals surface area contributed by atoms with Gasteiger partial charge in [0.25, 0.3) is 11.4 Å². The molecule has 10 heteroatoms. The van der Waals surface area contributed by atoms with Crippen LogP contribution in [0.3, 0.4) is 0 Å². The van der Waals surface area contributed by atoms with Crippen molar-refractivity contribution in [3.05, 3.63) is 39.9 Å². The third-order valence-corrected chi connectivity index (χ3v) is 5.02. The van der Waals surface area contributed by atoms with Crippen LogP contribution in [0, 0.1) is 16.0 Å². The maximum atomic E-state index is 13.7. The van der Waals surface area contributed by atoms with Crippen molar-refractivity contribution in [2.45, 2.75) is 50.4 Å². The van der Waals surface area contributed by atoms with Crippen LogP contribution in [-0.4, -0.2) is 38.6 Å². The lowest BCUT2D eigenvalue weighted by atomic mass is 9.87. The molecule has 1 heterocycles. The number of hydrogen-bond donors (Lipinski definition) is 1. The molecule has 1 aliphatic heterocycles. The van der Waals surface area contributed by atoms with Gasteiger partial charge in [-0.15, -0.1) is 0 Å². The van der Waals surface area contributed by atoms with Gasteiger partial charge in [0.15, 0.2) is 0 Å². The molecule has 0 unspecified atom stereocenters. The summed E-state index contributed by atoms with van der Waals surface area (Å²) in [6, 6.07) is 4.92. The molecule has 1 saturated carbocycles. The summed E-state index contributed by atoms with van der Waals surface area (Å²) >= 11 is 0. The number of rotatable bonds is 3. The third kappa shape index (κ3) is 3.41. The minimum absolute atomic E-state index is 0.107. The zero-order valence-electron chi connectivity index (χ0n) is 14.3. The third-order valence-electron chi connectivity index (χ3n) is 5.02. The topological polar surface area (TPSA) is 96.0 Å². The van der Waals surface area contributed by atoms with Crippen LogP contribution in [0.25, 0.3) is 0 Å². The highest BCUT2D eigenvalue weighted by Gasteiger charge is 2.68. The molecule has 0 spiro atoms. The summed E-state index contributed by atoms with van der Waals surface area (Å²) in [6.45, 7) is 0. The molecule has 7 nitrogen and oxygen atoms in total. The highest BCUT2D eigenvalue weighted by Crippen LogP contribution is 2.47. The van der Waals surface area contributed by atoms with Crippen molar-refractivity contribution in [1.82, 2.24) is 5.01 Å². The number of non-ortho nitro benzene ring substituents is 1. The van der Waals surface area contributed by atoms with Crippen LogP contribution in [0.15, 0.2) is 29.4 Å². The van der Waals surface area contributed by atoms with Gasteiger partial charge in [0, 0.05) is 17.8 Å². The van der Waals surface area contributed by atoms with Crippen molar-refractivity contribution in [3.8, 4) is 0 Å². The summed E-state index contributed by atoms with van der Waals surface area (Å²) in [5, 5.41) is 25.2. The number of fused-ring (bicyclic) bond motifs is 1. The van der Waals surface area contributed by atoms with E-state index in [0.29, 0.717) is 24.8 Å². The maximum Gasteiger partial charge on any atom is 0.439 e. The van der Waals surface area contributed by atoms with E-state index < -0.39 is 35.1 Å². The lowest BCUT2D eigenvalue weighted by Crippen LogP contribution is -2.61. The molecule has 0 aromatic heterocycles. The number of nitro groups is 1. The summed E-state index contributed by atoms with van der Waals surface area (Å²) in [5.74, 6) is -2.27. The van der Waals surface area contributed by atoms with Gasteiger partial charge in [0.1, 0.15) is 0 Å². The van der Waals surface area contributed by atoms with Crippen molar-refractivity contribution >= 4 is 17.3 Å². The fourth-order valence-corrected chi connectivity index (χ4v) is 3.63. The first-order chi connectivity index (χ1) is 12.6. The molecule has 1 N–H and O–H groups in total. The number of nitro benzene ring substituents is 1. The first-order valence-corrected chi connectivity index (χ1v) is 8.57. The van der Waals surface area contributed by atoms with Crippen LogP contribution < -0.4 is 0 Å². The monoisotopic (exact) mass is 385 g/mol. The first-order valence-electron chi connectivity index (χ1n) is 8.57. The predicted octanol–water partition coefficient (Wildman–Crippen LogP) is 3.17. The first kappa shape index (κ1) is 19.3. The lowest BCUT2D eigenvalue weighted by molar-refractivity contribution is -0.384. The van der Waals surface area contributed by atoms with Crippen molar-refractivity contribution in [2.75, 3.05) is 0 Å². The molecule has 146 valence electrons. The Morgan fingerprint density at radius 1 is 1.30 bits per heavy atom. The number of alkyl halides is 3. The Balaban J connectivity index is 1.88. The number of halogens is 3. The average Bonchev–Trinajstić information content (AvgIpc) is 2.75.